The van der Waals surface area contributed by atoms with Gasteiger partial charge >= 0.3 is 5.69 Å². The van der Waals surface area contributed by atoms with E-state index in [1.807, 2.05) is 4.98 Å². The van der Waals surface area contributed by atoms with Crippen LogP contribution in [0.5, 0.6) is 0 Å². The minimum atomic E-state index is -1.30. The molecule has 20 heavy (non-hydrogen) atoms. The number of amides is 1. The molecule has 108 valence electrons. The van der Waals surface area contributed by atoms with Crippen LogP contribution >= 0.6 is 0 Å². The monoisotopic (exact) mass is 283 g/mol. The number of nitrogens with one attached hydrogen (secondary N) is 1. The predicted octanol–water partition coefficient (Wildman–Crippen LogP) is -1.96. The highest BCUT2D eigenvalue weighted by molar-refractivity contribution is 5.85. The number of carbonyl (C=O) groups is 1. The number of aliphatic hydroxyl groups is 1. The summed E-state index contributed by atoms with van der Waals surface area (Å²) >= 11 is 0. The van der Waals surface area contributed by atoms with E-state index in [0.29, 0.717) is 0 Å². The standard InChI is InChI=1S/C11H13N3O6/c1-12-9(17)7-6(16)8(19-2)10(20-7)14-4-3-5(15)13-11(14)18/h3-4,6-8,10,16H,1H2,2H3,(H,13,15,18). The van der Waals surface area contributed by atoms with Crippen molar-refractivity contribution in [3.05, 3.63) is 33.1 Å². The van der Waals surface area contributed by atoms with Crippen molar-refractivity contribution < 1.29 is 19.4 Å². The predicted molar refractivity (Wildman–Crippen MR) is 66.6 cm³/mol. The molecule has 0 bridgehead atoms. The lowest BCUT2D eigenvalue weighted by Gasteiger charge is -2.19. The number of carbonyl (C=O) groups excluding carboxylic acids is 1. The van der Waals surface area contributed by atoms with Gasteiger partial charge in [0, 0.05) is 19.4 Å². The van der Waals surface area contributed by atoms with Crippen molar-refractivity contribution in [2.24, 2.45) is 4.99 Å². The Morgan fingerprint density at radius 3 is 2.85 bits per heavy atom. The number of aromatic nitrogens is 2. The SMILES string of the molecule is C=NC(=O)C1OC(n2ccc(=O)[nH]c2=O)C(OC)C1O. The van der Waals surface area contributed by atoms with Gasteiger partial charge in [-0.25, -0.2) is 9.79 Å². The van der Waals surface area contributed by atoms with E-state index in [9.17, 15) is 19.5 Å². The fourth-order valence-electron chi connectivity index (χ4n) is 2.05. The molecule has 1 fully saturated rings. The molecule has 1 aromatic rings. The third-order valence-corrected chi connectivity index (χ3v) is 3.01. The zero-order valence-electron chi connectivity index (χ0n) is 10.6. The van der Waals surface area contributed by atoms with Gasteiger partial charge in [-0.2, -0.15) is 0 Å². The minimum absolute atomic E-state index is 0.570. The van der Waals surface area contributed by atoms with Gasteiger partial charge < -0.3 is 14.6 Å². The average Bonchev–Trinajstić information content (AvgIpc) is 2.74. The maximum absolute atomic E-state index is 11.7. The Kier molecular flexibility index (Phi) is 3.93. The second kappa shape index (κ2) is 5.49. The van der Waals surface area contributed by atoms with E-state index in [4.69, 9.17) is 9.47 Å². The van der Waals surface area contributed by atoms with Gasteiger partial charge in [0.25, 0.3) is 11.5 Å². The van der Waals surface area contributed by atoms with E-state index >= 15 is 0 Å². The summed E-state index contributed by atoms with van der Waals surface area (Å²) in [4.78, 5) is 39.4. The quantitative estimate of drug-likeness (QED) is 0.621. The number of aliphatic imine (C=N–C) groups is 1. The molecule has 4 unspecified atom stereocenters. The Hall–Kier alpha value is -2.10. The topological polar surface area (TPSA) is 123 Å². The van der Waals surface area contributed by atoms with E-state index in [2.05, 4.69) is 11.7 Å². The van der Waals surface area contributed by atoms with Crippen molar-refractivity contribution >= 4 is 12.6 Å². The van der Waals surface area contributed by atoms with Crippen LogP contribution in [0.25, 0.3) is 0 Å². The molecule has 0 saturated carbocycles. The molecule has 0 aromatic carbocycles. The van der Waals surface area contributed by atoms with Crippen molar-refractivity contribution in [1.29, 1.82) is 0 Å². The lowest BCUT2D eigenvalue weighted by molar-refractivity contribution is -0.134. The maximum Gasteiger partial charge on any atom is 0.330 e. The summed E-state index contributed by atoms with van der Waals surface area (Å²) in [6, 6.07) is 1.12. The molecule has 0 radical (unpaired) electrons. The summed E-state index contributed by atoms with van der Waals surface area (Å²) in [5.41, 5.74) is -1.31. The average molecular weight is 283 g/mol. The molecule has 9 nitrogen and oxygen atoms in total. The van der Waals surface area contributed by atoms with E-state index in [-0.39, 0.29) is 0 Å². The number of rotatable bonds is 3. The Morgan fingerprint density at radius 1 is 1.60 bits per heavy atom. The fourth-order valence-corrected chi connectivity index (χ4v) is 2.05. The molecule has 1 aliphatic heterocycles. The molecule has 4 atom stereocenters. The van der Waals surface area contributed by atoms with Gasteiger partial charge in [-0.05, 0) is 6.72 Å². The third kappa shape index (κ3) is 2.33. The van der Waals surface area contributed by atoms with E-state index in [1.165, 1.54) is 13.3 Å². The summed E-state index contributed by atoms with van der Waals surface area (Å²) in [6.07, 6.45) is -3.41. The van der Waals surface area contributed by atoms with Crippen molar-refractivity contribution in [1.82, 2.24) is 9.55 Å². The smallest absolute Gasteiger partial charge is 0.330 e. The molecule has 2 N–H and O–H groups in total. The molecule has 2 rings (SSSR count). The first-order valence-electron chi connectivity index (χ1n) is 5.68. The van der Waals surface area contributed by atoms with Gasteiger partial charge in [-0.3, -0.25) is 19.1 Å². The molecule has 1 aliphatic rings. The van der Waals surface area contributed by atoms with Crippen molar-refractivity contribution in [2.75, 3.05) is 7.11 Å². The highest BCUT2D eigenvalue weighted by Crippen LogP contribution is 2.30. The largest absolute Gasteiger partial charge is 0.387 e. The summed E-state index contributed by atoms with van der Waals surface area (Å²) in [7, 11) is 1.30. The highest BCUT2D eigenvalue weighted by atomic mass is 16.6. The number of H-pyrrole nitrogens is 1. The third-order valence-electron chi connectivity index (χ3n) is 3.01. The second-order valence-electron chi connectivity index (χ2n) is 4.15. The lowest BCUT2D eigenvalue weighted by Crippen LogP contribution is -2.39. The van der Waals surface area contributed by atoms with Gasteiger partial charge in [-0.15, -0.1) is 0 Å². The van der Waals surface area contributed by atoms with E-state index < -0.39 is 41.7 Å². The van der Waals surface area contributed by atoms with Crippen LogP contribution in [-0.4, -0.2) is 52.7 Å². The molecule has 1 amide bonds. The van der Waals surface area contributed by atoms with Crippen LogP contribution in [0.2, 0.25) is 0 Å². The van der Waals surface area contributed by atoms with Crippen molar-refractivity contribution in [3.8, 4) is 0 Å². The lowest BCUT2D eigenvalue weighted by atomic mass is 10.1. The van der Waals surface area contributed by atoms with Crippen molar-refractivity contribution in [2.45, 2.75) is 24.5 Å². The number of aromatic amines is 1. The Bertz CT molecular complexity index is 636. The Balaban J connectivity index is 2.40. The van der Waals surface area contributed by atoms with E-state index in [0.717, 1.165) is 10.6 Å². The van der Waals surface area contributed by atoms with Crippen molar-refractivity contribution in [3.63, 3.8) is 0 Å². The number of aliphatic hydroxyl groups excluding tert-OH is 1. The van der Waals surface area contributed by atoms with Gasteiger partial charge in [0.1, 0.15) is 12.2 Å². The molecule has 9 heteroatoms. The first kappa shape index (κ1) is 14.3. The number of nitrogens with zero attached hydrogens (tertiary/aromatic N) is 2. The Labute approximate surface area is 112 Å². The Morgan fingerprint density at radius 2 is 2.30 bits per heavy atom. The highest BCUT2D eigenvalue weighted by Gasteiger charge is 2.48. The molecular formula is C11H13N3O6. The first-order chi connectivity index (χ1) is 9.49. The van der Waals surface area contributed by atoms with Crippen LogP contribution in [0.4, 0.5) is 0 Å². The normalized spacial score (nSPS) is 29.3. The summed E-state index contributed by atoms with van der Waals surface area (Å²) in [5, 5.41) is 9.98. The van der Waals surface area contributed by atoms with Crippen LogP contribution in [0.15, 0.2) is 26.8 Å². The number of ether oxygens (including phenoxy) is 2. The number of hydrogen-bond donors (Lipinski definition) is 2. The zero-order valence-corrected chi connectivity index (χ0v) is 10.6. The van der Waals surface area contributed by atoms with Crippen LogP contribution in [0.3, 0.4) is 0 Å². The van der Waals surface area contributed by atoms with Gasteiger partial charge in [-0.1, -0.05) is 0 Å². The minimum Gasteiger partial charge on any atom is -0.387 e. The summed E-state index contributed by atoms with van der Waals surface area (Å²) in [6.45, 7) is 3.07. The number of methoxy groups -OCH3 is 1. The van der Waals surface area contributed by atoms with Crippen LogP contribution in [0, 0.1) is 0 Å². The molecule has 0 aliphatic carbocycles. The summed E-state index contributed by atoms with van der Waals surface area (Å²) < 4.78 is 11.4. The molecule has 1 saturated heterocycles. The van der Waals surface area contributed by atoms with Crippen LogP contribution in [0.1, 0.15) is 6.23 Å². The van der Waals surface area contributed by atoms with Crippen LogP contribution < -0.4 is 11.2 Å². The first-order valence-corrected chi connectivity index (χ1v) is 5.68. The maximum atomic E-state index is 11.7. The van der Waals surface area contributed by atoms with Gasteiger partial charge in [0.15, 0.2) is 12.3 Å². The zero-order chi connectivity index (χ0) is 14.9. The fraction of sp³-hybridized carbons (Fsp3) is 0.455. The molecule has 0 spiro atoms. The number of hydrogen-bond acceptors (Lipinski definition) is 6. The van der Waals surface area contributed by atoms with Gasteiger partial charge in [0.2, 0.25) is 0 Å². The molecule has 1 aromatic heterocycles. The summed E-state index contributed by atoms with van der Waals surface area (Å²) in [5.74, 6) is -0.764. The second-order valence-corrected chi connectivity index (χ2v) is 4.15. The molecular weight excluding hydrogens is 270 g/mol. The molecule has 2 heterocycles. The van der Waals surface area contributed by atoms with Crippen LogP contribution in [-0.2, 0) is 14.3 Å². The van der Waals surface area contributed by atoms with Gasteiger partial charge in [0.05, 0.1) is 0 Å². The van der Waals surface area contributed by atoms with E-state index in [1.54, 1.807) is 0 Å².